The van der Waals surface area contributed by atoms with E-state index in [1.54, 1.807) is 0 Å². The smallest absolute Gasteiger partial charge is 0.315 e. The zero-order valence-corrected chi connectivity index (χ0v) is 14.0. The summed E-state index contributed by atoms with van der Waals surface area (Å²) >= 11 is 0. The number of carboxylic acids is 1. The topological polar surface area (TPSA) is 87.7 Å². The van der Waals surface area contributed by atoms with Crippen LogP contribution < -0.4 is 15.4 Å². The Labute approximate surface area is 137 Å². The minimum Gasteiger partial charge on any atom is -0.494 e. The molecule has 0 radical (unpaired) electrons. The first kappa shape index (κ1) is 18.8. The third kappa shape index (κ3) is 8.09. The van der Waals surface area contributed by atoms with E-state index in [1.165, 1.54) is 0 Å². The van der Waals surface area contributed by atoms with Gasteiger partial charge in [0, 0.05) is 6.54 Å². The van der Waals surface area contributed by atoms with E-state index in [9.17, 15) is 9.59 Å². The van der Waals surface area contributed by atoms with E-state index in [4.69, 9.17) is 9.84 Å². The second kappa shape index (κ2) is 9.71. The van der Waals surface area contributed by atoms with Crippen molar-refractivity contribution in [3.05, 3.63) is 29.8 Å². The maximum Gasteiger partial charge on any atom is 0.315 e. The summed E-state index contributed by atoms with van der Waals surface area (Å²) in [5, 5.41) is 13.8. The predicted octanol–water partition coefficient (Wildman–Crippen LogP) is 2.95. The van der Waals surface area contributed by atoms with E-state index in [0.29, 0.717) is 12.5 Å². The number of carboxylic acid groups (broad SMARTS) is 1. The number of hydrogen-bond donors (Lipinski definition) is 3. The second-order valence-corrected chi connectivity index (χ2v) is 5.87. The van der Waals surface area contributed by atoms with Crippen LogP contribution in [-0.4, -0.2) is 30.3 Å². The van der Waals surface area contributed by atoms with Gasteiger partial charge in [0.2, 0.25) is 0 Å². The van der Waals surface area contributed by atoms with E-state index >= 15 is 0 Å². The van der Waals surface area contributed by atoms with Gasteiger partial charge in [-0.25, -0.2) is 4.79 Å². The van der Waals surface area contributed by atoms with Crippen LogP contribution in [0.1, 0.15) is 45.2 Å². The highest BCUT2D eigenvalue weighted by Crippen LogP contribution is 2.18. The number of aliphatic carboxylic acids is 1. The number of ether oxygens (including phenoxy) is 1. The molecule has 0 heterocycles. The highest BCUT2D eigenvalue weighted by Gasteiger charge is 2.09. The fourth-order valence-corrected chi connectivity index (χ4v) is 1.88. The molecular weight excluding hydrogens is 296 g/mol. The highest BCUT2D eigenvalue weighted by molar-refractivity contribution is 5.75. The summed E-state index contributed by atoms with van der Waals surface area (Å²) in [6.45, 7) is 6.97. The van der Waals surface area contributed by atoms with E-state index < -0.39 is 5.97 Å². The van der Waals surface area contributed by atoms with Crippen molar-refractivity contribution in [3.63, 3.8) is 0 Å². The maximum absolute atomic E-state index is 11.6. The molecule has 0 aromatic heterocycles. The SMILES string of the molecule is CC(C)CCOc1ccc(C(C)NC(=O)NCCC(=O)O)cc1. The second-order valence-electron chi connectivity index (χ2n) is 5.87. The lowest BCUT2D eigenvalue weighted by Gasteiger charge is -2.15. The van der Waals surface area contributed by atoms with Crippen molar-refractivity contribution in [3.8, 4) is 5.75 Å². The molecule has 2 amide bonds. The molecule has 23 heavy (non-hydrogen) atoms. The molecule has 1 atom stereocenters. The van der Waals surface area contributed by atoms with Crippen LogP contribution in [0.25, 0.3) is 0 Å². The number of carbonyl (C=O) groups excluding carboxylic acids is 1. The summed E-state index contributed by atoms with van der Waals surface area (Å²) in [6.07, 6.45) is 0.917. The molecule has 0 aliphatic heterocycles. The van der Waals surface area contributed by atoms with Crippen molar-refractivity contribution in [1.82, 2.24) is 10.6 Å². The average molecular weight is 322 g/mol. The van der Waals surface area contributed by atoms with E-state index in [1.807, 2.05) is 31.2 Å². The Morgan fingerprint density at radius 2 is 1.83 bits per heavy atom. The summed E-state index contributed by atoms with van der Waals surface area (Å²) in [4.78, 5) is 22.0. The van der Waals surface area contributed by atoms with Crippen molar-refractivity contribution < 1.29 is 19.4 Å². The molecule has 1 aromatic rings. The molecule has 0 aliphatic carbocycles. The summed E-state index contributed by atoms with van der Waals surface area (Å²) < 4.78 is 5.65. The zero-order chi connectivity index (χ0) is 17.2. The molecule has 1 unspecified atom stereocenters. The molecule has 0 spiro atoms. The lowest BCUT2D eigenvalue weighted by Crippen LogP contribution is -2.38. The van der Waals surface area contributed by atoms with Crippen LogP contribution >= 0.6 is 0 Å². The molecule has 128 valence electrons. The molecule has 6 heteroatoms. The van der Waals surface area contributed by atoms with Crippen LogP contribution in [-0.2, 0) is 4.79 Å². The monoisotopic (exact) mass is 322 g/mol. The number of rotatable bonds is 9. The van der Waals surface area contributed by atoms with Gasteiger partial charge in [0.15, 0.2) is 0 Å². The first-order valence-electron chi connectivity index (χ1n) is 7.87. The quantitative estimate of drug-likeness (QED) is 0.652. The van der Waals surface area contributed by atoms with Crippen molar-refractivity contribution >= 4 is 12.0 Å². The number of hydrogen-bond acceptors (Lipinski definition) is 3. The molecule has 6 nitrogen and oxygen atoms in total. The average Bonchev–Trinajstić information content (AvgIpc) is 2.47. The molecule has 0 bridgehead atoms. The van der Waals surface area contributed by atoms with Gasteiger partial charge in [0.05, 0.1) is 19.1 Å². The van der Waals surface area contributed by atoms with Gasteiger partial charge in [-0.1, -0.05) is 26.0 Å². The number of benzene rings is 1. The molecule has 0 fully saturated rings. The van der Waals surface area contributed by atoms with Gasteiger partial charge in [0.1, 0.15) is 5.75 Å². The number of nitrogens with one attached hydrogen (secondary N) is 2. The molecule has 0 saturated carbocycles. The maximum atomic E-state index is 11.6. The van der Waals surface area contributed by atoms with Crippen molar-refractivity contribution in [2.24, 2.45) is 5.92 Å². The molecule has 3 N–H and O–H groups in total. The summed E-state index contributed by atoms with van der Waals surface area (Å²) in [5.74, 6) is 0.483. The minimum atomic E-state index is -0.939. The van der Waals surface area contributed by atoms with Crippen LogP contribution in [0.5, 0.6) is 5.75 Å². The first-order chi connectivity index (χ1) is 10.9. The standard InChI is InChI=1S/C17H26N2O4/c1-12(2)9-11-23-15-6-4-14(5-7-15)13(3)19-17(22)18-10-8-16(20)21/h4-7,12-13H,8-11H2,1-3H3,(H,20,21)(H2,18,19,22). The van der Waals surface area contributed by atoms with E-state index in [0.717, 1.165) is 17.7 Å². The zero-order valence-electron chi connectivity index (χ0n) is 14.0. The Bertz CT molecular complexity index is 500. The largest absolute Gasteiger partial charge is 0.494 e. The van der Waals surface area contributed by atoms with E-state index in [-0.39, 0.29) is 25.0 Å². The fourth-order valence-electron chi connectivity index (χ4n) is 1.88. The Kier molecular flexibility index (Phi) is 7.94. The minimum absolute atomic E-state index is 0.0930. The van der Waals surface area contributed by atoms with Crippen LogP contribution in [0.2, 0.25) is 0 Å². The normalized spacial score (nSPS) is 11.8. The lowest BCUT2D eigenvalue weighted by molar-refractivity contribution is -0.136. The van der Waals surface area contributed by atoms with Gasteiger partial charge in [-0.05, 0) is 37.0 Å². The van der Waals surface area contributed by atoms with Gasteiger partial charge in [-0.2, -0.15) is 0 Å². The Morgan fingerprint density at radius 1 is 1.17 bits per heavy atom. The van der Waals surface area contributed by atoms with Crippen LogP contribution in [0.4, 0.5) is 4.79 Å². The Morgan fingerprint density at radius 3 is 2.39 bits per heavy atom. The molecule has 1 aromatic carbocycles. The van der Waals surface area contributed by atoms with Crippen LogP contribution in [0.15, 0.2) is 24.3 Å². The van der Waals surface area contributed by atoms with Crippen molar-refractivity contribution in [2.45, 2.75) is 39.7 Å². The number of amides is 2. The Balaban J connectivity index is 2.39. The van der Waals surface area contributed by atoms with Crippen molar-refractivity contribution in [2.75, 3.05) is 13.2 Å². The number of carbonyl (C=O) groups is 2. The van der Waals surface area contributed by atoms with Crippen LogP contribution in [0, 0.1) is 5.92 Å². The molecule has 0 aliphatic rings. The first-order valence-corrected chi connectivity index (χ1v) is 7.87. The lowest BCUT2D eigenvalue weighted by atomic mass is 10.1. The third-order valence-corrected chi connectivity index (χ3v) is 3.32. The molecular formula is C17H26N2O4. The van der Waals surface area contributed by atoms with E-state index in [2.05, 4.69) is 24.5 Å². The third-order valence-electron chi connectivity index (χ3n) is 3.32. The summed E-state index contributed by atoms with van der Waals surface area (Å²) in [6, 6.07) is 7.03. The van der Waals surface area contributed by atoms with Gasteiger partial charge in [0.25, 0.3) is 0 Å². The van der Waals surface area contributed by atoms with Crippen LogP contribution in [0.3, 0.4) is 0 Å². The fraction of sp³-hybridized carbons (Fsp3) is 0.529. The van der Waals surface area contributed by atoms with Gasteiger partial charge < -0.3 is 20.5 Å². The van der Waals surface area contributed by atoms with Gasteiger partial charge in [-0.3, -0.25) is 4.79 Å². The van der Waals surface area contributed by atoms with Gasteiger partial charge in [-0.15, -0.1) is 0 Å². The van der Waals surface area contributed by atoms with Crippen molar-refractivity contribution in [1.29, 1.82) is 0 Å². The number of urea groups is 1. The summed E-state index contributed by atoms with van der Waals surface area (Å²) in [7, 11) is 0. The summed E-state index contributed by atoms with van der Waals surface area (Å²) in [5.41, 5.74) is 0.953. The Hall–Kier alpha value is -2.24. The highest BCUT2D eigenvalue weighted by atomic mass is 16.5. The molecule has 1 rings (SSSR count). The predicted molar refractivity (Wildman–Crippen MR) is 88.6 cm³/mol. The van der Waals surface area contributed by atoms with Gasteiger partial charge >= 0.3 is 12.0 Å². The molecule has 0 saturated heterocycles.